The van der Waals surface area contributed by atoms with Gasteiger partial charge in [0.2, 0.25) is 0 Å². The highest BCUT2D eigenvalue weighted by Crippen LogP contribution is 2.45. The number of nitrogens with zero attached hydrogens (tertiary/aromatic N) is 2. The van der Waals surface area contributed by atoms with E-state index in [4.69, 9.17) is 0 Å². The second-order valence-corrected chi connectivity index (χ2v) is 16.4. The summed E-state index contributed by atoms with van der Waals surface area (Å²) in [6.45, 7) is 0. The maximum absolute atomic E-state index is 2.46. The summed E-state index contributed by atoms with van der Waals surface area (Å²) in [5, 5.41) is 20.5. The minimum Gasteiger partial charge on any atom is -0.311 e. The lowest BCUT2D eigenvalue weighted by Gasteiger charge is -2.29. The fourth-order valence-electron chi connectivity index (χ4n) is 10.3. The van der Waals surface area contributed by atoms with Crippen LogP contribution in [0, 0.1) is 0 Å². The molecule has 0 unspecified atom stereocenters. The van der Waals surface area contributed by atoms with E-state index in [9.17, 15) is 0 Å². The zero-order valence-corrected chi connectivity index (χ0v) is 32.9. The molecule has 0 amide bonds. The van der Waals surface area contributed by atoms with Crippen LogP contribution < -0.4 is 9.80 Å². The summed E-state index contributed by atoms with van der Waals surface area (Å²) in [6.07, 6.45) is 9.09. The van der Waals surface area contributed by atoms with Crippen LogP contribution in [0.3, 0.4) is 0 Å². The summed E-state index contributed by atoms with van der Waals surface area (Å²) < 4.78 is 0. The second kappa shape index (κ2) is 12.9. The van der Waals surface area contributed by atoms with E-state index in [-0.39, 0.29) is 0 Å². The zero-order valence-electron chi connectivity index (χ0n) is 32.9. The molecule has 0 radical (unpaired) electrons. The van der Waals surface area contributed by atoms with Crippen molar-refractivity contribution in [1.82, 2.24) is 0 Å². The predicted octanol–water partition coefficient (Wildman–Crippen LogP) is 16.6. The van der Waals surface area contributed by atoms with Crippen molar-refractivity contribution >= 4 is 115 Å². The lowest BCUT2D eigenvalue weighted by Crippen LogP contribution is -2.16. The summed E-state index contributed by atoms with van der Waals surface area (Å²) in [4.78, 5) is 4.88. The lowest BCUT2D eigenvalue weighted by atomic mass is 9.93. The van der Waals surface area contributed by atoms with Crippen molar-refractivity contribution in [2.45, 2.75) is 12.8 Å². The van der Waals surface area contributed by atoms with E-state index in [0.29, 0.717) is 0 Å². The molecule has 280 valence electrons. The first-order valence-corrected chi connectivity index (χ1v) is 21.1. The van der Waals surface area contributed by atoms with Gasteiger partial charge in [-0.05, 0) is 166 Å². The molecule has 0 spiro atoms. The Morgan fingerprint density at radius 2 is 0.700 bits per heavy atom. The summed E-state index contributed by atoms with van der Waals surface area (Å²) >= 11 is 0. The molecule has 2 heteroatoms. The molecule has 0 bridgehead atoms. The van der Waals surface area contributed by atoms with Crippen molar-refractivity contribution in [1.29, 1.82) is 0 Å². The number of anilines is 5. The summed E-state index contributed by atoms with van der Waals surface area (Å²) in [5.41, 5.74) is 6.92. The van der Waals surface area contributed by atoms with Crippen molar-refractivity contribution in [2.75, 3.05) is 9.80 Å². The molecule has 0 aromatic heterocycles. The number of hydrogen-bond donors (Lipinski definition) is 0. The molecule has 0 saturated heterocycles. The van der Waals surface area contributed by atoms with Crippen molar-refractivity contribution in [3.8, 4) is 0 Å². The number of fused-ring (bicyclic) bond motifs is 3. The van der Waals surface area contributed by atoms with E-state index in [1.807, 2.05) is 0 Å². The summed E-state index contributed by atoms with van der Waals surface area (Å²) in [5.74, 6) is 0. The first kappa shape index (κ1) is 33.3. The van der Waals surface area contributed by atoms with Crippen LogP contribution in [0.1, 0.15) is 12.8 Å². The summed E-state index contributed by atoms with van der Waals surface area (Å²) in [6, 6.07) is 70.3. The topological polar surface area (TPSA) is 6.48 Å². The Balaban J connectivity index is 1.00. The quantitative estimate of drug-likeness (QED) is 0.156. The Hall–Kier alpha value is -7.68. The fraction of sp³-hybridized carbons (Fsp3) is 0.0345. The van der Waals surface area contributed by atoms with Crippen LogP contribution in [0.15, 0.2) is 212 Å². The molecule has 13 rings (SSSR count). The molecule has 0 aliphatic heterocycles. The van der Waals surface area contributed by atoms with Gasteiger partial charge in [-0.3, -0.25) is 0 Å². The molecule has 0 atom stereocenters. The predicted molar refractivity (Wildman–Crippen MR) is 259 cm³/mol. The number of allylic oxidation sites excluding steroid dienone is 3. The largest absolute Gasteiger partial charge is 0.311 e. The Labute approximate surface area is 347 Å². The van der Waals surface area contributed by atoms with Gasteiger partial charge in [0.25, 0.3) is 0 Å². The van der Waals surface area contributed by atoms with Gasteiger partial charge in [-0.2, -0.15) is 0 Å². The number of para-hydroxylation sites is 1. The molecule has 1 aliphatic rings. The average Bonchev–Trinajstić information content (AvgIpc) is 3.31. The molecule has 1 aliphatic carbocycles. The third-order valence-corrected chi connectivity index (χ3v) is 13.0. The molecule has 0 saturated carbocycles. The van der Waals surface area contributed by atoms with Crippen LogP contribution in [-0.2, 0) is 0 Å². The van der Waals surface area contributed by atoms with E-state index in [1.165, 1.54) is 97.6 Å². The molecular weight excluding hydrogens is 725 g/mol. The van der Waals surface area contributed by atoms with Crippen LogP contribution in [0.4, 0.5) is 28.4 Å². The summed E-state index contributed by atoms with van der Waals surface area (Å²) in [7, 11) is 0. The second-order valence-electron chi connectivity index (χ2n) is 16.4. The molecule has 2 nitrogen and oxygen atoms in total. The lowest BCUT2D eigenvalue weighted by molar-refractivity contribution is 0.998. The van der Waals surface area contributed by atoms with Gasteiger partial charge in [-0.25, -0.2) is 0 Å². The van der Waals surface area contributed by atoms with Crippen LogP contribution in [0.2, 0.25) is 0 Å². The molecule has 12 aromatic rings. The highest BCUT2D eigenvalue weighted by atomic mass is 15.2. The molecule has 0 N–H and O–H groups in total. The van der Waals surface area contributed by atoms with E-state index < -0.39 is 0 Å². The average molecular weight is 763 g/mol. The van der Waals surface area contributed by atoms with Crippen molar-refractivity contribution in [3.05, 3.63) is 212 Å². The Bertz CT molecular complexity index is 3600. The van der Waals surface area contributed by atoms with Gasteiger partial charge in [-0.15, -0.1) is 0 Å². The van der Waals surface area contributed by atoms with E-state index in [2.05, 4.69) is 216 Å². The zero-order chi connectivity index (χ0) is 39.3. The van der Waals surface area contributed by atoms with Crippen LogP contribution in [-0.4, -0.2) is 0 Å². The van der Waals surface area contributed by atoms with Gasteiger partial charge in [0, 0.05) is 34.1 Å². The van der Waals surface area contributed by atoms with E-state index in [1.54, 1.807) is 0 Å². The van der Waals surface area contributed by atoms with Crippen LogP contribution >= 0.6 is 0 Å². The number of hydrogen-bond acceptors (Lipinski definition) is 2. The minimum atomic E-state index is 1.02. The Morgan fingerprint density at radius 1 is 0.283 bits per heavy atom. The highest BCUT2D eigenvalue weighted by molar-refractivity contribution is 6.25. The third-order valence-electron chi connectivity index (χ3n) is 13.0. The molecule has 12 aromatic carbocycles. The monoisotopic (exact) mass is 762 g/mol. The molecule has 0 heterocycles. The van der Waals surface area contributed by atoms with Crippen molar-refractivity contribution in [2.24, 2.45) is 0 Å². The first-order valence-electron chi connectivity index (χ1n) is 21.1. The van der Waals surface area contributed by atoms with Crippen LogP contribution in [0.25, 0.3) is 86.2 Å². The normalized spacial score (nSPS) is 13.2. The van der Waals surface area contributed by atoms with E-state index in [0.717, 1.165) is 35.6 Å². The number of benzene rings is 12. The number of rotatable bonds is 6. The Morgan fingerprint density at radius 3 is 1.18 bits per heavy atom. The van der Waals surface area contributed by atoms with Gasteiger partial charge in [0.1, 0.15) is 0 Å². The van der Waals surface area contributed by atoms with Gasteiger partial charge >= 0.3 is 0 Å². The van der Waals surface area contributed by atoms with Gasteiger partial charge in [0.05, 0.1) is 0 Å². The minimum absolute atomic E-state index is 1.02. The standard InChI is InChI=1S/C58H38N2/c1-3-13-47(14-4-1)59(51-31-43-23-19-39-9-7-10-40-20-24-44(32-51)57(43)55(39)40)49-29-27-37-17-18-38-28-30-50(36-54(38)53(37)35-49)60(48-15-5-2-6-16-48)52-33-45-25-21-41-11-8-12-42-22-26-46(34-52)58(45)56(41)42/h1,3-5,7-36H,2,6H2. The smallest absolute Gasteiger partial charge is 0.0473 e. The van der Waals surface area contributed by atoms with Gasteiger partial charge in [0.15, 0.2) is 0 Å². The fourth-order valence-corrected chi connectivity index (χ4v) is 10.3. The van der Waals surface area contributed by atoms with Crippen LogP contribution in [0.5, 0.6) is 0 Å². The molecular formula is C58H38N2. The van der Waals surface area contributed by atoms with Crippen molar-refractivity contribution < 1.29 is 0 Å². The maximum atomic E-state index is 2.46. The highest BCUT2D eigenvalue weighted by Gasteiger charge is 2.20. The Kier molecular flexibility index (Phi) is 7.17. The van der Waals surface area contributed by atoms with E-state index >= 15 is 0 Å². The van der Waals surface area contributed by atoms with Gasteiger partial charge in [-0.1, -0.05) is 140 Å². The van der Waals surface area contributed by atoms with Gasteiger partial charge < -0.3 is 9.80 Å². The first-order chi connectivity index (χ1) is 29.7. The SMILES string of the molecule is C1=CC(N(c2cc3ccc4cccc5ccc(c2)c3c45)c2ccc3ccc4ccc(N(c5ccccc5)c5cc6ccc7cccc8ccc(c5)c6c78)cc4c3c2)=CCC1. The van der Waals surface area contributed by atoms with Crippen molar-refractivity contribution in [3.63, 3.8) is 0 Å². The molecule has 60 heavy (non-hydrogen) atoms. The molecule has 0 fully saturated rings. The maximum Gasteiger partial charge on any atom is 0.0473 e. The third kappa shape index (κ3) is 5.07.